The summed E-state index contributed by atoms with van der Waals surface area (Å²) in [6.45, 7) is 2.64. The lowest BCUT2D eigenvalue weighted by atomic mass is 9.94. The monoisotopic (exact) mass is 201 g/mol. The second-order valence-electron chi connectivity index (χ2n) is 3.56. The molecule has 1 aromatic carbocycles. The van der Waals surface area contributed by atoms with E-state index in [9.17, 15) is 13.9 Å². The standard InChI is InChI=1S/C10H13F2NO/c1-6-3-9(12)7(4-8(6)11)10(2,14)5-13/h3-4,14H,5,13H2,1-2H3. The maximum Gasteiger partial charge on any atom is 0.129 e. The van der Waals surface area contributed by atoms with Gasteiger partial charge in [-0.25, -0.2) is 8.78 Å². The molecule has 0 aromatic heterocycles. The van der Waals surface area contributed by atoms with E-state index >= 15 is 0 Å². The lowest BCUT2D eigenvalue weighted by molar-refractivity contribution is 0.0625. The number of rotatable bonds is 2. The van der Waals surface area contributed by atoms with Crippen LogP contribution < -0.4 is 5.73 Å². The molecule has 78 valence electrons. The third kappa shape index (κ3) is 1.91. The summed E-state index contributed by atoms with van der Waals surface area (Å²) in [6, 6.07) is 2.03. The Labute approximate surface area is 81.4 Å². The van der Waals surface area contributed by atoms with Gasteiger partial charge in [-0.05, 0) is 31.5 Å². The van der Waals surface area contributed by atoms with E-state index in [1.807, 2.05) is 0 Å². The van der Waals surface area contributed by atoms with Crippen LogP contribution in [0.1, 0.15) is 18.1 Å². The zero-order chi connectivity index (χ0) is 10.9. The van der Waals surface area contributed by atoms with E-state index in [1.165, 1.54) is 13.8 Å². The van der Waals surface area contributed by atoms with Crippen LogP contribution in [0.3, 0.4) is 0 Å². The highest BCUT2D eigenvalue weighted by Crippen LogP contribution is 2.24. The fourth-order valence-corrected chi connectivity index (χ4v) is 1.17. The van der Waals surface area contributed by atoms with Gasteiger partial charge in [-0.3, -0.25) is 0 Å². The average molecular weight is 201 g/mol. The summed E-state index contributed by atoms with van der Waals surface area (Å²) in [7, 11) is 0. The Bertz CT molecular complexity index is 350. The molecule has 1 rings (SSSR count). The van der Waals surface area contributed by atoms with Crippen LogP contribution >= 0.6 is 0 Å². The summed E-state index contributed by atoms with van der Waals surface area (Å²) in [5, 5.41) is 9.66. The number of hydrogen-bond acceptors (Lipinski definition) is 2. The van der Waals surface area contributed by atoms with Crippen LogP contribution in [0.25, 0.3) is 0 Å². The van der Waals surface area contributed by atoms with Crippen LogP contribution in [0.4, 0.5) is 8.78 Å². The normalized spacial score (nSPS) is 15.3. The minimum Gasteiger partial charge on any atom is -0.384 e. The van der Waals surface area contributed by atoms with Gasteiger partial charge in [-0.2, -0.15) is 0 Å². The van der Waals surface area contributed by atoms with Crippen molar-refractivity contribution in [3.63, 3.8) is 0 Å². The highest BCUT2D eigenvalue weighted by molar-refractivity contribution is 5.29. The molecule has 0 saturated carbocycles. The van der Waals surface area contributed by atoms with Crippen molar-refractivity contribution < 1.29 is 13.9 Å². The molecular weight excluding hydrogens is 188 g/mol. The Morgan fingerprint density at radius 2 is 1.93 bits per heavy atom. The predicted octanol–water partition coefficient (Wildman–Crippen LogP) is 1.44. The number of benzene rings is 1. The molecule has 0 amide bonds. The molecule has 0 radical (unpaired) electrons. The number of aryl methyl sites for hydroxylation is 1. The van der Waals surface area contributed by atoms with Gasteiger partial charge < -0.3 is 10.8 Å². The Morgan fingerprint density at radius 3 is 2.43 bits per heavy atom. The maximum absolute atomic E-state index is 13.3. The molecular formula is C10H13F2NO. The lowest BCUT2D eigenvalue weighted by Crippen LogP contribution is -2.32. The minimum atomic E-state index is -1.53. The largest absolute Gasteiger partial charge is 0.384 e. The number of halogens is 2. The lowest BCUT2D eigenvalue weighted by Gasteiger charge is -2.22. The predicted molar refractivity (Wildman–Crippen MR) is 49.7 cm³/mol. The maximum atomic E-state index is 13.3. The average Bonchev–Trinajstić information content (AvgIpc) is 2.11. The Kier molecular flexibility index (Phi) is 2.87. The fraction of sp³-hybridized carbons (Fsp3) is 0.400. The van der Waals surface area contributed by atoms with Gasteiger partial charge in [-0.1, -0.05) is 0 Å². The minimum absolute atomic E-state index is 0.108. The number of hydrogen-bond donors (Lipinski definition) is 2. The molecule has 14 heavy (non-hydrogen) atoms. The molecule has 0 aliphatic rings. The summed E-state index contributed by atoms with van der Waals surface area (Å²) < 4.78 is 26.4. The summed E-state index contributed by atoms with van der Waals surface area (Å²) >= 11 is 0. The Balaban J connectivity index is 3.29. The van der Waals surface area contributed by atoms with Crippen molar-refractivity contribution in [3.05, 3.63) is 34.9 Å². The fourth-order valence-electron chi connectivity index (χ4n) is 1.17. The van der Waals surface area contributed by atoms with Gasteiger partial charge in [0, 0.05) is 12.1 Å². The molecule has 3 N–H and O–H groups in total. The van der Waals surface area contributed by atoms with Gasteiger partial charge in [0.25, 0.3) is 0 Å². The molecule has 0 fully saturated rings. The number of aliphatic hydroxyl groups is 1. The van der Waals surface area contributed by atoms with Crippen LogP contribution in [0.5, 0.6) is 0 Å². The zero-order valence-electron chi connectivity index (χ0n) is 8.14. The van der Waals surface area contributed by atoms with Gasteiger partial charge in [0.2, 0.25) is 0 Å². The van der Waals surface area contributed by atoms with Crippen LogP contribution in [0, 0.1) is 18.6 Å². The molecule has 0 spiro atoms. The van der Waals surface area contributed by atoms with Crippen LogP contribution in [-0.4, -0.2) is 11.7 Å². The third-order valence-electron chi connectivity index (χ3n) is 2.23. The Morgan fingerprint density at radius 1 is 1.36 bits per heavy atom. The first-order valence-electron chi connectivity index (χ1n) is 4.27. The third-order valence-corrected chi connectivity index (χ3v) is 2.23. The van der Waals surface area contributed by atoms with E-state index in [0.717, 1.165) is 12.1 Å². The molecule has 1 atom stereocenters. The van der Waals surface area contributed by atoms with Gasteiger partial charge >= 0.3 is 0 Å². The summed E-state index contributed by atoms with van der Waals surface area (Å²) in [5.74, 6) is -1.19. The molecule has 0 saturated heterocycles. The summed E-state index contributed by atoms with van der Waals surface area (Å²) in [4.78, 5) is 0. The quantitative estimate of drug-likeness (QED) is 0.760. The van der Waals surface area contributed by atoms with Crippen molar-refractivity contribution in [1.29, 1.82) is 0 Å². The molecule has 0 heterocycles. The Hall–Kier alpha value is -1.00. The van der Waals surface area contributed by atoms with E-state index in [0.29, 0.717) is 0 Å². The summed E-state index contributed by atoms with van der Waals surface area (Å²) in [5.41, 5.74) is 3.83. The molecule has 0 aliphatic carbocycles. The second-order valence-corrected chi connectivity index (χ2v) is 3.56. The molecule has 0 bridgehead atoms. The van der Waals surface area contributed by atoms with Crippen LogP contribution in [-0.2, 0) is 5.60 Å². The first kappa shape index (κ1) is 11.1. The van der Waals surface area contributed by atoms with Crippen molar-refractivity contribution >= 4 is 0 Å². The van der Waals surface area contributed by atoms with E-state index in [1.54, 1.807) is 0 Å². The van der Waals surface area contributed by atoms with Crippen LogP contribution in [0.2, 0.25) is 0 Å². The zero-order valence-corrected chi connectivity index (χ0v) is 8.14. The molecule has 2 nitrogen and oxygen atoms in total. The highest BCUT2D eigenvalue weighted by Gasteiger charge is 2.25. The summed E-state index contributed by atoms with van der Waals surface area (Å²) in [6.07, 6.45) is 0. The van der Waals surface area contributed by atoms with E-state index < -0.39 is 17.2 Å². The van der Waals surface area contributed by atoms with Crippen molar-refractivity contribution in [2.24, 2.45) is 5.73 Å². The first-order chi connectivity index (χ1) is 6.38. The van der Waals surface area contributed by atoms with Crippen LogP contribution in [0.15, 0.2) is 12.1 Å². The molecule has 1 aromatic rings. The number of nitrogens with two attached hydrogens (primary N) is 1. The van der Waals surface area contributed by atoms with Gasteiger partial charge in [-0.15, -0.1) is 0 Å². The highest BCUT2D eigenvalue weighted by atomic mass is 19.1. The van der Waals surface area contributed by atoms with Crippen molar-refractivity contribution in [1.82, 2.24) is 0 Å². The van der Waals surface area contributed by atoms with E-state index in [2.05, 4.69) is 0 Å². The van der Waals surface area contributed by atoms with Crippen molar-refractivity contribution in [3.8, 4) is 0 Å². The van der Waals surface area contributed by atoms with Crippen molar-refractivity contribution in [2.75, 3.05) is 6.54 Å². The molecule has 0 aliphatic heterocycles. The second kappa shape index (κ2) is 3.63. The van der Waals surface area contributed by atoms with E-state index in [-0.39, 0.29) is 17.7 Å². The van der Waals surface area contributed by atoms with Gasteiger partial charge in [0.15, 0.2) is 0 Å². The first-order valence-corrected chi connectivity index (χ1v) is 4.27. The molecule has 1 unspecified atom stereocenters. The molecule has 4 heteroatoms. The SMILES string of the molecule is Cc1cc(F)c(C(C)(O)CN)cc1F. The topological polar surface area (TPSA) is 46.2 Å². The van der Waals surface area contributed by atoms with E-state index in [4.69, 9.17) is 5.73 Å². The van der Waals surface area contributed by atoms with Crippen molar-refractivity contribution in [2.45, 2.75) is 19.4 Å². The van der Waals surface area contributed by atoms with Gasteiger partial charge in [0.1, 0.15) is 17.2 Å². The van der Waals surface area contributed by atoms with Gasteiger partial charge in [0.05, 0.1) is 0 Å². The smallest absolute Gasteiger partial charge is 0.129 e.